The highest BCUT2D eigenvalue weighted by Crippen LogP contribution is 2.40. The van der Waals surface area contributed by atoms with Gasteiger partial charge in [-0.15, -0.1) is 11.3 Å². The summed E-state index contributed by atoms with van der Waals surface area (Å²) in [7, 11) is 0. The molecule has 1 N–H and O–H groups in total. The van der Waals surface area contributed by atoms with E-state index in [1.165, 1.54) is 11.3 Å². The van der Waals surface area contributed by atoms with Crippen molar-refractivity contribution in [1.82, 2.24) is 9.88 Å². The summed E-state index contributed by atoms with van der Waals surface area (Å²) in [6.45, 7) is 7.26. The number of nitrogens with zero attached hydrogens (tertiary/aromatic N) is 4. The van der Waals surface area contributed by atoms with Crippen molar-refractivity contribution in [1.29, 1.82) is 10.5 Å². The summed E-state index contributed by atoms with van der Waals surface area (Å²) in [4.78, 5) is 8.71. The molecular weight excluding hydrogens is 418 g/mol. The second-order valence-electron chi connectivity index (χ2n) is 8.86. The minimum Gasteiger partial charge on any atom is -0.424 e. The Bertz CT molecular complexity index is 1100. The minimum atomic E-state index is -0.521. The van der Waals surface area contributed by atoms with Gasteiger partial charge in [0.1, 0.15) is 16.5 Å². The van der Waals surface area contributed by atoms with Crippen molar-refractivity contribution in [2.45, 2.75) is 51.0 Å². The molecule has 0 saturated carbocycles. The van der Waals surface area contributed by atoms with Gasteiger partial charge in [0.15, 0.2) is 5.58 Å². The predicted octanol–water partition coefficient (Wildman–Crippen LogP) is 5.54. The average molecular weight is 448 g/mol. The number of rotatable bonds is 8. The molecule has 0 radical (unpaired) electrons. The number of para-hydroxylation sites is 2. The van der Waals surface area contributed by atoms with Crippen LogP contribution in [-0.4, -0.2) is 35.6 Å². The van der Waals surface area contributed by atoms with E-state index in [-0.39, 0.29) is 5.92 Å². The van der Waals surface area contributed by atoms with Gasteiger partial charge in [0.2, 0.25) is 0 Å². The topological polar surface area (TPSA) is 88.9 Å². The molecule has 7 heteroatoms. The van der Waals surface area contributed by atoms with Crippen LogP contribution in [0, 0.1) is 28.6 Å². The van der Waals surface area contributed by atoms with Crippen LogP contribution in [0.3, 0.4) is 0 Å². The number of nitriles is 2. The lowest BCUT2D eigenvalue weighted by molar-refractivity contribution is 0.206. The van der Waals surface area contributed by atoms with Gasteiger partial charge < -0.3 is 14.6 Å². The SMILES string of the molecule is CC(C)C(C#N)(CCCN1CCC(Nc2nc3ccccc3o2)CC1)c1ccc(C#N)s1. The van der Waals surface area contributed by atoms with Crippen LogP contribution in [0.25, 0.3) is 11.1 Å². The molecule has 6 nitrogen and oxygen atoms in total. The van der Waals surface area contributed by atoms with E-state index in [1.54, 1.807) is 0 Å². The fraction of sp³-hybridized carbons (Fsp3) is 0.480. The molecule has 1 unspecified atom stereocenters. The van der Waals surface area contributed by atoms with Crippen molar-refractivity contribution in [3.63, 3.8) is 0 Å². The summed E-state index contributed by atoms with van der Waals surface area (Å²) in [5.74, 6) is 0.198. The maximum absolute atomic E-state index is 10.1. The Balaban J connectivity index is 1.28. The van der Waals surface area contributed by atoms with Crippen LogP contribution in [0.2, 0.25) is 0 Å². The molecule has 4 rings (SSSR count). The average Bonchev–Trinajstić information content (AvgIpc) is 3.44. The largest absolute Gasteiger partial charge is 0.424 e. The van der Waals surface area contributed by atoms with Crippen molar-refractivity contribution >= 4 is 28.5 Å². The maximum Gasteiger partial charge on any atom is 0.295 e. The van der Waals surface area contributed by atoms with Gasteiger partial charge in [-0.25, -0.2) is 0 Å². The number of piperidine rings is 1. The Morgan fingerprint density at radius 1 is 1.22 bits per heavy atom. The van der Waals surface area contributed by atoms with Crippen LogP contribution in [0.1, 0.15) is 49.3 Å². The second-order valence-corrected chi connectivity index (χ2v) is 9.95. The first-order valence-corrected chi connectivity index (χ1v) is 12.1. The van der Waals surface area contributed by atoms with Gasteiger partial charge in [0, 0.05) is 24.0 Å². The highest BCUT2D eigenvalue weighted by molar-refractivity contribution is 7.12. The van der Waals surface area contributed by atoms with Crippen LogP contribution in [0.5, 0.6) is 0 Å². The first-order chi connectivity index (χ1) is 15.5. The Morgan fingerprint density at radius 3 is 2.66 bits per heavy atom. The number of thiophene rings is 1. The van der Waals surface area contributed by atoms with Crippen LogP contribution in [0.4, 0.5) is 6.01 Å². The number of nitrogens with one attached hydrogen (secondary N) is 1. The number of anilines is 1. The monoisotopic (exact) mass is 447 g/mol. The molecule has 1 aliphatic rings. The number of oxazole rings is 1. The molecule has 3 aromatic rings. The molecule has 3 heterocycles. The molecule has 0 bridgehead atoms. The maximum atomic E-state index is 10.1. The highest BCUT2D eigenvalue weighted by Gasteiger charge is 2.37. The molecule has 1 aliphatic heterocycles. The summed E-state index contributed by atoms with van der Waals surface area (Å²) in [5.41, 5.74) is 1.17. The van der Waals surface area contributed by atoms with E-state index in [2.05, 4.69) is 41.2 Å². The first kappa shape index (κ1) is 22.3. The highest BCUT2D eigenvalue weighted by atomic mass is 32.1. The standard InChI is InChI=1S/C25H29N5OS/c1-18(2)25(17-27,23-9-8-20(16-26)32-23)12-5-13-30-14-10-19(11-15-30)28-24-29-21-6-3-4-7-22(21)31-24/h3-4,6-9,18-19H,5,10-15H2,1-2H3,(H,28,29). The lowest BCUT2D eigenvalue weighted by atomic mass is 9.73. The molecule has 1 fully saturated rings. The zero-order valence-electron chi connectivity index (χ0n) is 18.7. The van der Waals surface area contributed by atoms with Gasteiger partial charge in [-0.2, -0.15) is 15.5 Å². The number of fused-ring (bicyclic) bond motifs is 1. The van der Waals surface area contributed by atoms with E-state index < -0.39 is 5.41 Å². The van der Waals surface area contributed by atoms with Crippen LogP contribution in [0.15, 0.2) is 40.8 Å². The molecule has 0 spiro atoms. The Hall–Kier alpha value is -2.87. The lowest BCUT2D eigenvalue weighted by Gasteiger charge is -2.34. The van der Waals surface area contributed by atoms with E-state index in [9.17, 15) is 10.5 Å². The third-order valence-electron chi connectivity index (χ3n) is 6.60. The second kappa shape index (κ2) is 9.73. The summed E-state index contributed by atoms with van der Waals surface area (Å²) in [5, 5.41) is 22.7. The van der Waals surface area contributed by atoms with E-state index in [0.29, 0.717) is 16.9 Å². The summed E-state index contributed by atoms with van der Waals surface area (Å²) in [6, 6.07) is 17.4. The Kier molecular flexibility index (Phi) is 6.79. The summed E-state index contributed by atoms with van der Waals surface area (Å²) in [6.07, 6.45) is 3.87. The van der Waals surface area contributed by atoms with E-state index in [1.807, 2.05) is 36.4 Å². The van der Waals surface area contributed by atoms with Gasteiger partial charge in [0.25, 0.3) is 6.01 Å². The number of hydrogen-bond donors (Lipinski definition) is 1. The molecule has 1 saturated heterocycles. The fourth-order valence-electron chi connectivity index (χ4n) is 4.57. The molecule has 0 amide bonds. The van der Waals surface area contributed by atoms with Gasteiger partial charge in [0.05, 0.1) is 11.5 Å². The number of likely N-dealkylation sites (tertiary alicyclic amines) is 1. The Morgan fingerprint density at radius 2 is 2.00 bits per heavy atom. The zero-order valence-corrected chi connectivity index (χ0v) is 19.5. The quantitative estimate of drug-likeness (QED) is 0.488. The van der Waals surface area contributed by atoms with Crippen molar-refractivity contribution in [2.75, 3.05) is 25.0 Å². The normalized spacial score (nSPS) is 17.2. The van der Waals surface area contributed by atoms with Crippen molar-refractivity contribution in [3.05, 3.63) is 46.2 Å². The van der Waals surface area contributed by atoms with Gasteiger partial charge in [-0.05, 0) is 62.4 Å². The molecular formula is C25H29N5OS. The van der Waals surface area contributed by atoms with Gasteiger partial charge >= 0.3 is 0 Å². The summed E-state index contributed by atoms with van der Waals surface area (Å²) >= 11 is 1.46. The third kappa shape index (κ3) is 4.65. The van der Waals surface area contributed by atoms with E-state index in [0.717, 1.165) is 61.3 Å². The predicted molar refractivity (Wildman–Crippen MR) is 127 cm³/mol. The van der Waals surface area contributed by atoms with Gasteiger partial charge in [-0.3, -0.25) is 0 Å². The summed E-state index contributed by atoms with van der Waals surface area (Å²) < 4.78 is 5.80. The first-order valence-electron chi connectivity index (χ1n) is 11.3. The molecule has 2 aromatic heterocycles. The Labute approximate surface area is 193 Å². The van der Waals surface area contributed by atoms with Crippen LogP contribution in [-0.2, 0) is 5.41 Å². The van der Waals surface area contributed by atoms with E-state index in [4.69, 9.17) is 4.42 Å². The fourth-order valence-corrected chi connectivity index (χ4v) is 5.69. The smallest absolute Gasteiger partial charge is 0.295 e. The molecule has 0 aliphatic carbocycles. The third-order valence-corrected chi connectivity index (χ3v) is 7.76. The van der Waals surface area contributed by atoms with Crippen molar-refractivity contribution in [3.8, 4) is 12.1 Å². The number of hydrogen-bond acceptors (Lipinski definition) is 7. The minimum absolute atomic E-state index is 0.198. The zero-order chi connectivity index (χ0) is 22.6. The number of benzene rings is 1. The van der Waals surface area contributed by atoms with E-state index >= 15 is 0 Å². The lowest BCUT2D eigenvalue weighted by Crippen LogP contribution is -2.40. The van der Waals surface area contributed by atoms with Crippen molar-refractivity contribution in [2.24, 2.45) is 5.92 Å². The number of aromatic nitrogens is 1. The van der Waals surface area contributed by atoms with Crippen LogP contribution >= 0.6 is 11.3 Å². The van der Waals surface area contributed by atoms with Gasteiger partial charge in [-0.1, -0.05) is 26.0 Å². The molecule has 32 heavy (non-hydrogen) atoms. The molecule has 1 atom stereocenters. The molecule has 166 valence electrons. The molecule has 1 aromatic carbocycles. The van der Waals surface area contributed by atoms with Crippen LogP contribution < -0.4 is 5.32 Å². The van der Waals surface area contributed by atoms with Crippen molar-refractivity contribution < 1.29 is 4.42 Å².